The van der Waals surface area contributed by atoms with E-state index in [2.05, 4.69) is 9.55 Å². The van der Waals surface area contributed by atoms with Crippen molar-refractivity contribution in [1.29, 1.82) is 0 Å². The summed E-state index contributed by atoms with van der Waals surface area (Å²) in [4.78, 5) is 4.44. The Hall–Kier alpha value is -1.81. The van der Waals surface area contributed by atoms with Gasteiger partial charge in [-0.05, 0) is 18.6 Å². The van der Waals surface area contributed by atoms with Gasteiger partial charge in [0.05, 0.1) is 6.61 Å². The molecule has 0 amide bonds. The SMILES string of the molecule is Nc1cccc(-c2nccn2CC2CCOC2)c1. The van der Waals surface area contributed by atoms with Crippen molar-refractivity contribution in [1.82, 2.24) is 9.55 Å². The fraction of sp³-hybridized carbons (Fsp3) is 0.357. The van der Waals surface area contributed by atoms with Crippen LogP contribution in [0.5, 0.6) is 0 Å². The minimum atomic E-state index is 0.596. The van der Waals surface area contributed by atoms with Crippen molar-refractivity contribution in [3.05, 3.63) is 36.7 Å². The summed E-state index contributed by atoms with van der Waals surface area (Å²) >= 11 is 0. The highest BCUT2D eigenvalue weighted by molar-refractivity contribution is 5.61. The molecule has 1 atom stereocenters. The first kappa shape index (κ1) is 11.3. The Balaban J connectivity index is 1.86. The first-order chi connectivity index (χ1) is 8.83. The predicted molar refractivity (Wildman–Crippen MR) is 71.0 cm³/mol. The van der Waals surface area contributed by atoms with Gasteiger partial charge in [0.15, 0.2) is 0 Å². The lowest BCUT2D eigenvalue weighted by molar-refractivity contribution is 0.182. The minimum absolute atomic E-state index is 0.596. The molecule has 1 unspecified atom stereocenters. The summed E-state index contributed by atoms with van der Waals surface area (Å²) < 4.78 is 7.61. The van der Waals surface area contributed by atoms with E-state index in [4.69, 9.17) is 10.5 Å². The molecule has 94 valence electrons. The number of hydrogen-bond acceptors (Lipinski definition) is 3. The van der Waals surface area contributed by atoms with Gasteiger partial charge in [0.2, 0.25) is 0 Å². The highest BCUT2D eigenvalue weighted by Gasteiger charge is 2.17. The van der Waals surface area contributed by atoms with E-state index in [1.54, 1.807) is 0 Å². The average molecular weight is 243 g/mol. The van der Waals surface area contributed by atoms with Gasteiger partial charge in [0.1, 0.15) is 5.82 Å². The molecule has 4 heteroatoms. The lowest BCUT2D eigenvalue weighted by atomic mass is 10.1. The zero-order valence-electron chi connectivity index (χ0n) is 10.2. The van der Waals surface area contributed by atoms with Gasteiger partial charge in [-0.2, -0.15) is 0 Å². The monoisotopic (exact) mass is 243 g/mol. The van der Waals surface area contributed by atoms with E-state index in [-0.39, 0.29) is 0 Å². The fourth-order valence-corrected chi connectivity index (χ4v) is 2.40. The summed E-state index contributed by atoms with van der Waals surface area (Å²) in [6, 6.07) is 7.86. The summed E-state index contributed by atoms with van der Waals surface area (Å²) in [6.45, 7) is 2.70. The van der Waals surface area contributed by atoms with E-state index in [1.807, 2.05) is 36.7 Å². The van der Waals surface area contributed by atoms with Gasteiger partial charge in [-0.25, -0.2) is 4.98 Å². The molecule has 18 heavy (non-hydrogen) atoms. The van der Waals surface area contributed by atoms with Crippen LogP contribution in [0.3, 0.4) is 0 Å². The van der Waals surface area contributed by atoms with E-state index in [0.29, 0.717) is 5.92 Å². The smallest absolute Gasteiger partial charge is 0.139 e. The molecule has 1 aromatic heterocycles. The van der Waals surface area contributed by atoms with E-state index >= 15 is 0 Å². The molecule has 1 fully saturated rings. The van der Waals surface area contributed by atoms with Crippen LogP contribution in [0.1, 0.15) is 6.42 Å². The number of ether oxygens (including phenoxy) is 1. The highest BCUT2D eigenvalue weighted by Crippen LogP contribution is 2.22. The van der Waals surface area contributed by atoms with Crippen molar-refractivity contribution >= 4 is 5.69 Å². The van der Waals surface area contributed by atoms with Gasteiger partial charge < -0.3 is 15.0 Å². The molecule has 1 aliphatic rings. The quantitative estimate of drug-likeness (QED) is 0.840. The Labute approximate surface area is 106 Å². The van der Waals surface area contributed by atoms with Crippen LogP contribution in [0.15, 0.2) is 36.7 Å². The number of benzene rings is 1. The van der Waals surface area contributed by atoms with Gasteiger partial charge in [0.25, 0.3) is 0 Å². The first-order valence-corrected chi connectivity index (χ1v) is 6.28. The summed E-state index contributed by atoms with van der Waals surface area (Å²) in [6.07, 6.45) is 5.00. The van der Waals surface area contributed by atoms with Crippen molar-refractivity contribution in [2.24, 2.45) is 5.92 Å². The van der Waals surface area contributed by atoms with E-state index in [1.165, 1.54) is 0 Å². The van der Waals surface area contributed by atoms with Crippen LogP contribution >= 0.6 is 0 Å². The zero-order valence-corrected chi connectivity index (χ0v) is 10.2. The molecule has 0 saturated carbocycles. The van der Waals surface area contributed by atoms with Gasteiger partial charge in [0, 0.05) is 42.7 Å². The predicted octanol–water partition coefficient (Wildman–Crippen LogP) is 2.17. The van der Waals surface area contributed by atoms with Crippen LogP contribution in [0.25, 0.3) is 11.4 Å². The molecule has 2 aromatic rings. The van der Waals surface area contributed by atoms with Crippen LogP contribution in [0.2, 0.25) is 0 Å². The average Bonchev–Trinajstić information content (AvgIpc) is 3.01. The fourth-order valence-electron chi connectivity index (χ4n) is 2.40. The van der Waals surface area contributed by atoms with Gasteiger partial charge in [-0.3, -0.25) is 0 Å². The van der Waals surface area contributed by atoms with Gasteiger partial charge in [-0.1, -0.05) is 12.1 Å². The number of aromatic nitrogens is 2. The molecule has 0 bridgehead atoms. The van der Waals surface area contributed by atoms with Crippen molar-refractivity contribution in [3.63, 3.8) is 0 Å². The zero-order chi connectivity index (χ0) is 12.4. The molecule has 1 aromatic carbocycles. The Morgan fingerprint density at radius 3 is 3.17 bits per heavy atom. The number of hydrogen-bond donors (Lipinski definition) is 1. The van der Waals surface area contributed by atoms with Crippen molar-refractivity contribution in [3.8, 4) is 11.4 Å². The molecule has 1 saturated heterocycles. The van der Waals surface area contributed by atoms with Crippen molar-refractivity contribution in [2.45, 2.75) is 13.0 Å². The lowest BCUT2D eigenvalue weighted by Crippen LogP contribution is -2.11. The molecule has 3 rings (SSSR count). The molecule has 0 aliphatic carbocycles. The summed E-state index contributed by atoms with van der Waals surface area (Å²) in [7, 11) is 0. The molecule has 4 nitrogen and oxygen atoms in total. The second kappa shape index (κ2) is 4.82. The molecule has 2 heterocycles. The summed E-state index contributed by atoms with van der Waals surface area (Å²) in [5, 5.41) is 0. The number of nitrogens with two attached hydrogens (primary N) is 1. The first-order valence-electron chi connectivity index (χ1n) is 6.28. The maximum absolute atomic E-state index is 5.82. The van der Waals surface area contributed by atoms with Crippen LogP contribution in [0, 0.1) is 5.92 Å². The molecule has 1 aliphatic heterocycles. The maximum Gasteiger partial charge on any atom is 0.139 e. The molecular weight excluding hydrogens is 226 g/mol. The number of rotatable bonds is 3. The third-order valence-corrected chi connectivity index (χ3v) is 3.34. The molecule has 0 spiro atoms. The molecule has 0 radical (unpaired) electrons. The maximum atomic E-state index is 5.82. The van der Waals surface area contributed by atoms with Gasteiger partial charge in [-0.15, -0.1) is 0 Å². The Morgan fingerprint density at radius 1 is 1.44 bits per heavy atom. The topological polar surface area (TPSA) is 53.1 Å². The third-order valence-electron chi connectivity index (χ3n) is 3.34. The largest absolute Gasteiger partial charge is 0.399 e. The van der Waals surface area contributed by atoms with Crippen LogP contribution < -0.4 is 5.73 Å². The summed E-state index contributed by atoms with van der Waals surface area (Å²) in [5.74, 6) is 1.58. The lowest BCUT2D eigenvalue weighted by Gasteiger charge is -2.12. The van der Waals surface area contributed by atoms with Crippen LogP contribution in [0.4, 0.5) is 5.69 Å². The number of anilines is 1. The third kappa shape index (κ3) is 2.24. The Kier molecular flexibility index (Phi) is 3.02. The number of nitrogens with zero attached hydrogens (tertiary/aromatic N) is 2. The van der Waals surface area contributed by atoms with Crippen molar-refractivity contribution in [2.75, 3.05) is 18.9 Å². The second-order valence-corrected chi connectivity index (χ2v) is 4.76. The Bertz CT molecular complexity index is 529. The second-order valence-electron chi connectivity index (χ2n) is 4.76. The molecular formula is C14H17N3O. The summed E-state index contributed by atoms with van der Waals surface area (Å²) in [5.41, 5.74) is 7.66. The highest BCUT2D eigenvalue weighted by atomic mass is 16.5. The van der Waals surface area contributed by atoms with Crippen molar-refractivity contribution < 1.29 is 4.74 Å². The Morgan fingerprint density at radius 2 is 2.39 bits per heavy atom. The normalized spacial score (nSPS) is 19.2. The van der Waals surface area contributed by atoms with E-state index < -0.39 is 0 Å². The van der Waals surface area contributed by atoms with Gasteiger partial charge >= 0.3 is 0 Å². The molecule has 2 N–H and O–H groups in total. The van der Waals surface area contributed by atoms with Crippen LogP contribution in [-0.2, 0) is 11.3 Å². The minimum Gasteiger partial charge on any atom is -0.399 e. The number of nitrogen functional groups attached to an aromatic ring is 1. The standard InChI is InChI=1S/C14H17N3O/c15-13-3-1-2-12(8-13)14-16-5-6-17(14)9-11-4-7-18-10-11/h1-3,5-6,8,11H,4,7,9-10,15H2. The van der Waals surface area contributed by atoms with E-state index in [9.17, 15) is 0 Å². The number of imidazole rings is 1. The van der Waals surface area contributed by atoms with E-state index in [0.717, 1.165) is 43.3 Å². The van der Waals surface area contributed by atoms with Crippen LogP contribution in [-0.4, -0.2) is 22.8 Å².